The van der Waals surface area contributed by atoms with E-state index in [-0.39, 0.29) is 11.9 Å². The van der Waals surface area contributed by atoms with Gasteiger partial charge in [0.1, 0.15) is 5.54 Å². The molecule has 0 saturated carbocycles. The van der Waals surface area contributed by atoms with Crippen LogP contribution in [0.25, 0.3) is 0 Å². The average Bonchev–Trinajstić information content (AvgIpc) is 2.88. The highest BCUT2D eigenvalue weighted by Crippen LogP contribution is 2.36. The molecule has 2 N–H and O–H groups in total. The molecular formula is C15H19N3O2. The Morgan fingerprint density at radius 3 is 2.70 bits per heavy atom. The van der Waals surface area contributed by atoms with Gasteiger partial charge in [-0.3, -0.25) is 4.79 Å². The van der Waals surface area contributed by atoms with E-state index < -0.39 is 5.54 Å². The Hall–Kier alpha value is -2.04. The molecule has 1 spiro atoms. The maximum absolute atomic E-state index is 12.5. The van der Waals surface area contributed by atoms with Crippen LogP contribution in [0.3, 0.4) is 0 Å². The maximum atomic E-state index is 12.5. The fourth-order valence-corrected chi connectivity index (χ4v) is 3.24. The summed E-state index contributed by atoms with van der Waals surface area (Å²) < 4.78 is 0. The van der Waals surface area contributed by atoms with Crippen LogP contribution in [0.5, 0.6) is 0 Å². The third kappa shape index (κ3) is 2.13. The molecule has 5 heteroatoms. The predicted octanol–water partition coefficient (Wildman–Crippen LogP) is 1.96. The first kappa shape index (κ1) is 13.0. The lowest BCUT2D eigenvalue weighted by Crippen LogP contribution is -2.60. The number of carbonyl (C=O) groups is 2. The standard InChI is InChI=1S/C15H19N3O2/c19-13-15(8-4-10-16-13)9-5-11-18(15)14(20)17-12-6-2-1-3-7-12/h1-3,6-7H,4-5,8-11H2,(H,16,19)(H,17,20). The number of nitrogens with one attached hydrogen (secondary N) is 2. The van der Waals surface area contributed by atoms with Gasteiger partial charge in [0.15, 0.2) is 0 Å². The van der Waals surface area contributed by atoms with Crippen molar-refractivity contribution in [2.45, 2.75) is 31.2 Å². The van der Waals surface area contributed by atoms with Crippen LogP contribution in [0.4, 0.5) is 10.5 Å². The first-order valence-electron chi connectivity index (χ1n) is 7.14. The van der Waals surface area contributed by atoms with Crippen LogP contribution in [0, 0.1) is 0 Å². The molecule has 2 aliphatic heterocycles. The van der Waals surface area contributed by atoms with Crippen LogP contribution in [0.15, 0.2) is 30.3 Å². The van der Waals surface area contributed by atoms with E-state index in [1.807, 2.05) is 30.3 Å². The quantitative estimate of drug-likeness (QED) is 0.821. The monoisotopic (exact) mass is 273 g/mol. The number of nitrogens with zero attached hydrogens (tertiary/aromatic N) is 1. The fraction of sp³-hybridized carbons (Fsp3) is 0.467. The van der Waals surface area contributed by atoms with Gasteiger partial charge < -0.3 is 15.5 Å². The molecule has 2 aliphatic rings. The van der Waals surface area contributed by atoms with Gasteiger partial charge >= 0.3 is 6.03 Å². The van der Waals surface area contributed by atoms with E-state index in [1.165, 1.54) is 0 Å². The number of piperidine rings is 1. The predicted molar refractivity (Wildman–Crippen MR) is 76.4 cm³/mol. The molecule has 1 atom stereocenters. The number of amides is 3. The molecule has 2 fully saturated rings. The van der Waals surface area contributed by atoms with Gasteiger partial charge in [-0.15, -0.1) is 0 Å². The van der Waals surface area contributed by atoms with Crippen LogP contribution in [0.1, 0.15) is 25.7 Å². The van der Waals surface area contributed by atoms with E-state index in [4.69, 9.17) is 0 Å². The van der Waals surface area contributed by atoms with Gasteiger partial charge in [-0.25, -0.2) is 4.79 Å². The van der Waals surface area contributed by atoms with Crippen molar-refractivity contribution in [2.24, 2.45) is 0 Å². The summed E-state index contributed by atoms with van der Waals surface area (Å²) in [6.45, 7) is 1.36. The summed E-state index contributed by atoms with van der Waals surface area (Å²) in [7, 11) is 0. The molecule has 0 radical (unpaired) electrons. The molecule has 3 rings (SSSR count). The zero-order valence-electron chi connectivity index (χ0n) is 11.4. The van der Waals surface area contributed by atoms with Crippen molar-refractivity contribution in [3.05, 3.63) is 30.3 Å². The Morgan fingerprint density at radius 1 is 1.20 bits per heavy atom. The lowest BCUT2D eigenvalue weighted by Gasteiger charge is -2.39. The fourth-order valence-electron chi connectivity index (χ4n) is 3.24. The SMILES string of the molecule is O=C(Nc1ccccc1)N1CCCC12CCCNC2=O. The molecule has 0 aliphatic carbocycles. The summed E-state index contributed by atoms with van der Waals surface area (Å²) >= 11 is 0. The molecule has 3 amide bonds. The van der Waals surface area contributed by atoms with Crippen molar-refractivity contribution in [3.8, 4) is 0 Å². The third-order valence-electron chi connectivity index (χ3n) is 4.23. The largest absolute Gasteiger partial charge is 0.354 e. The number of benzene rings is 1. The second-order valence-electron chi connectivity index (χ2n) is 5.44. The highest BCUT2D eigenvalue weighted by Gasteiger charge is 2.50. The van der Waals surface area contributed by atoms with Gasteiger partial charge in [0, 0.05) is 18.8 Å². The van der Waals surface area contributed by atoms with E-state index in [9.17, 15) is 9.59 Å². The van der Waals surface area contributed by atoms with Crippen molar-refractivity contribution in [1.82, 2.24) is 10.2 Å². The highest BCUT2D eigenvalue weighted by atomic mass is 16.2. The number of hydrogen-bond donors (Lipinski definition) is 2. The number of hydrogen-bond acceptors (Lipinski definition) is 2. The zero-order valence-corrected chi connectivity index (χ0v) is 11.4. The van der Waals surface area contributed by atoms with Crippen LogP contribution in [-0.2, 0) is 4.79 Å². The summed E-state index contributed by atoms with van der Waals surface area (Å²) in [5, 5.41) is 5.79. The second-order valence-corrected chi connectivity index (χ2v) is 5.44. The normalized spacial score (nSPS) is 25.6. The van der Waals surface area contributed by atoms with E-state index in [2.05, 4.69) is 10.6 Å². The van der Waals surface area contributed by atoms with Gasteiger partial charge in [-0.1, -0.05) is 18.2 Å². The molecule has 106 valence electrons. The van der Waals surface area contributed by atoms with E-state index in [0.29, 0.717) is 13.1 Å². The molecular weight excluding hydrogens is 254 g/mol. The molecule has 0 aromatic heterocycles. The third-order valence-corrected chi connectivity index (χ3v) is 4.23. The van der Waals surface area contributed by atoms with Gasteiger partial charge in [-0.2, -0.15) is 0 Å². The van der Waals surface area contributed by atoms with Crippen LogP contribution in [0.2, 0.25) is 0 Å². The van der Waals surface area contributed by atoms with Gasteiger partial charge in [0.05, 0.1) is 0 Å². The smallest absolute Gasteiger partial charge is 0.322 e. The average molecular weight is 273 g/mol. The Kier molecular flexibility index (Phi) is 3.34. The molecule has 0 bridgehead atoms. The number of rotatable bonds is 1. The lowest BCUT2D eigenvalue weighted by atomic mass is 9.86. The minimum atomic E-state index is -0.628. The van der Waals surface area contributed by atoms with E-state index >= 15 is 0 Å². The first-order valence-corrected chi connectivity index (χ1v) is 7.14. The molecule has 1 aromatic rings. The van der Waals surface area contributed by atoms with Crippen LogP contribution in [-0.4, -0.2) is 35.5 Å². The minimum Gasteiger partial charge on any atom is -0.354 e. The topological polar surface area (TPSA) is 61.4 Å². The highest BCUT2D eigenvalue weighted by molar-refractivity contribution is 5.96. The second kappa shape index (κ2) is 5.15. The summed E-state index contributed by atoms with van der Waals surface area (Å²) in [5.41, 5.74) is 0.132. The summed E-state index contributed by atoms with van der Waals surface area (Å²) in [4.78, 5) is 26.4. The van der Waals surface area contributed by atoms with Crippen molar-refractivity contribution in [1.29, 1.82) is 0 Å². The number of carbonyl (C=O) groups excluding carboxylic acids is 2. The molecule has 2 saturated heterocycles. The maximum Gasteiger partial charge on any atom is 0.322 e. The molecule has 20 heavy (non-hydrogen) atoms. The zero-order chi connectivity index (χ0) is 14.0. The minimum absolute atomic E-state index is 0.00413. The van der Waals surface area contributed by atoms with Crippen molar-refractivity contribution in [3.63, 3.8) is 0 Å². The van der Waals surface area contributed by atoms with Crippen molar-refractivity contribution < 1.29 is 9.59 Å². The van der Waals surface area contributed by atoms with Crippen molar-refractivity contribution >= 4 is 17.6 Å². The Labute approximate surface area is 118 Å². The first-order chi connectivity index (χ1) is 9.72. The van der Waals surface area contributed by atoms with Gasteiger partial charge in [0.25, 0.3) is 0 Å². The van der Waals surface area contributed by atoms with Crippen LogP contribution < -0.4 is 10.6 Å². The molecule has 1 aromatic carbocycles. The molecule has 2 heterocycles. The van der Waals surface area contributed by atoms with Crippen molar-refractivity contribution in [2.75, 3.05) is 18.4 Å². The van der Waals surface area contributed by atoms with Gasteiger partial charge in [-0.05, 0) is 37.8 Å². The van der Waals surface area contributed by atoms with E-state index in [0.717, 1.165) is 31.4 Å². The summed E-state index contributed by atoms with van der Waals surface area (Å²) in [6, 6.07) is 9.18. The summed E-state index contributed by atoms with van der Waals surface area (Å²) in [5.74, 6) is 0.00413. The van der Waals surface area contributed by atoms with E-state index in [1.54, 1.807) is 4.90 Å². The number of anilines is 1. The Balaban J connectivity index is 1.78. The Bertz CT molecular complexity index is 517. The number of likely N-dealkylation sites (tertiary alicyclic amines) is 1. The number of para-hydroxylation sites is 1. The Morgan fingerprint density at radius 2 is 1.95 bits per heavy atom. The van der Waals surface area contributed by atoms with Crippen LogP contribution >= 0.6 is 0 Å². The lowest BCUT2D eigenvalue weighted by molar-refractivity contribution is -0.132. The summed E-state index contributed by atoms with van der Waals surface area (Å²) in [6.07, 6.45) is 3.35. The number of urea groups is 1. The molecule has 5 nitrogen and oxygen atoms in total. The van der Waals surface area contributed by atoms with Gasteiger partial charge in [0.2, 0.25) is 5.91 Å². The molecule has 1 unspecified atom stereocenters.